The van der Waals surface area contributed by atoms with Crippen molar-refractivity contribution < 1.29 is 18.7 Å². The second kappa shape index (κ2) is 9.26. The molecule has 0 unspecified atom stereocenters. The standard InChI is InChI=1S/C29H25N3O4/c1-29(2,3)36-28(34)21-12-7-11-20(16-21)25-18-32-26(23(30-25)15-19-9-5-4-6-10-19)31-24(27(32)33)17-22-13-8-14-35-22/h4-14,16-18H,15H2,1-3H3/b24-17-. The van der Waals surface area contributed by atoms with Crippen molar-refractivity contribution in [3.8, 4) is 0 Å². The van der Waals surface area contributed by atoms with E-state index in [0.29, 0.717) is 40.6 Å². The molecule has 0 aliphatic carbocycles. The van der Waals surface area contributed by atoms with Gasteiger partial charge in [0, 0.05) is 24.3 Å². The minimum Gasteiger partial charge on any atom is -0.465 e. The summed E-state index contributed by atoms with van der Waals surface area (Å²) in [5.41, 5.74) is 3.00. The number of nitrogens with zero attached hydrogens (tertiary/aromatic N) is 3. The summed E-state index contributed by atoms with van der Waals surface area (Å²) in [6.45, 7) is 5.48. The van der Waals surface area contributed by atoms with Gasteiger partial charge in [0.05, 0.1) is 23.2 Å². The zero-order valence-electron chi connectivity index (χ0n) is 20.3. The summed E-state index contributed by atoms with van der Waals surface area (Å²) >= 11 is 0. The van der Waals surface area contributed by atoms with Gasteiger partial charge >= 0.3 is 5.97 Å². The number of carbonyl (C=O) groups is 2. The van der Waals surface area contributed by atoms with E-state index in [4.69, 9.17) is 14.1 Å². The summed E-state index contributed by atoms with van der Waals surface area (Å²) in [7, 11) is 0. The first kappa shape index (κ1) is 23.2. The molecule has 0 saturated heterocycles. The maximum Gasteiger partial charge on any atom is 0.338 e. The fraction of sp³-hybridized carbons (Fsp3) is 0.172. The number of aliphatic imine (C=N–C) groups is 2. The molecule has 5 rings (SSSR count). The Kier molecular flexibility index (Phi) is 5.98. The predicted molar refractivity (Wildman–Crippen MR) is 138 cm³/mol. The van der Waals surface area contributed by atoms with Crippen LogP contribution in [0.2, 0.25) is 0 Å². The number of furan rings is 1. The van der Waals surface area contributed by atoms with Crippen LogP contribution in [0.1, 0.15) is 48.0 Å². The van der Waals surface area contributed by atoms with Crippen LogP contribution >= 0.6 is 0 Å². The molecule has 0 saturated carbocycles. The van der Waals surface area contributed by atoms with Crippen LogP contribution in [0.25, 0.3) is 11.8 Å². The van der Waals surface area contributed by atoms with Gasteiger partial charge in [0.25, 0.3) is 5.91 Å². The summed E-state index contributed by atoms with van der Waals surface area (Å²) in [4.78, 5) is 36.9. The highest BCUT2D eigenvalue weighted by atomic mass is 16.6. The molecular formula is C29H25N3O4. The Morgan fingerprint density at radius 3 is 2.56 bits per heavy atom. The fourth-order valence-corrected chi connectivity index (χ4v) is 3.90. The van der Waals surface area contributed by atoms with Crippen molar-refractivity contribution in [2.45, 2.75) is 32.8 Å². The molecule has 1 amide bonds. The van der Waals surface area contributed by atoms with Gasteiger partial charge in [-0.05, 0) is 50.6 Å². The Hall–Kier alpha value is -4.52. The summed E-state index contributed by atoms with van der Waals surface area (Å²) < 4.78 is 10.9. The third kappa shape index (κ3) is 4.95. The third-order valence-corrected chi connectivity index (χ3v) is 5.49. The number of rotatable bonds is 5. The van der Waals surface area contributed by atoms with Crippen LogP contribution in [-0.4, -0.2) is 33.9 Å². The fourth-order valence-electron chi connectivity index (χ4n) is 3.90. The third-order valence-electron chi connectivity index (χ3n) is 5.49. The average Bonchev–Trinajstić information content (AvgIpc) is 3.47. The number of carbonyl (C=O) groups excluding carboxylic acids is 2. The molecule has 2 aliphatic rings. The van der Waals surface area contributed by atoms with Crippen LogP contribution in [-0.2, 0) is 16.0 Å². The highest BCUT2D eigenvalue weighted by Crippen LogP contribution is 2.29. The quantitative estimate of drug-likeness (QED) is 0.357. The van der Waals surface area contributed by atoms with Crippen molar-refractivity contribution in [1.29, 1.82) is 0 Å². The highest BCUT2D eigenvalue weighted by molar-refractivity contribution is 6.48. The van der Waals surface area contributed by atoms with Gasteiger partial charge in [0.2, 0.25) is 0 Å². The molecule has 0 atom stereocenters. The number of benzene rings is 2. The van der Waals surface area contributed by atoms with Crippen LogP contribution in [0.4, 0.5) is 0 Å². The van der Waals surface area contributed by atoms with Gasteiger partial charge in [-0.25, -0.2) is 14.8 Å². The molecule has 0 bridgehead atoms. The van der Waals surface area contributed by atoms with Crippen molar-refractivity contribution in [1.82, 2.24) is 4.90 Å². The molecule has 3 aromatic rings. The minimum absolute atomic E-state index is 0.265. The lowest BCUT2D eigenvalue weighted by Gasteiger charge is -2.22. The Morgan fingerprint density at radius 1 is 1.03 bits per heavy atom. The molecule has 0 spiro atoms. The first-order chi connectivity index (χ1) is 17.3. The molecule has 1 aromatic heterocycles. The number of amides is 1. The van der Waals surface area contributed by atoms with Crippen LogP contribution < -0.4 is 0 Å². The number of ether oxygens (including phenoxy) is 1. The van der Waals surface area contributed by atoms with Gasteiger partial charge in [0.1, 0.15) is 17.1 Å². The lowest BCUT2D eigenvalue weighted by molar-refractivity contribution is -0.120. The Labute approximate surface area is 209 Å². The highest BCUT2D eigenvalue weighted by Gasteiger charge is 2.35. The normalized spacial score (nSPS) is 16.4. The van der Waals surface area contributed by atoms with Crippen molar-refractivity contribution in [2.24, 2.45) is 9.98 Å². The molecule has 0 fully saturated rings. The van der Waals surface area contributed by atoms with E-state index in [2.05, 4.69) is 4.99 Å². The zero-order valence-corrected chi connectivity index (χ0v) is 20.3. The maximum atomic E-state index is 13.3. The van der Waals surface area contributed by atoms with Crippen LogP contribution in [0.5, 0.6) is 0 Å². The van der Waals surface area contributed by atoms with Gasteiger partial charge in [-0.15, -0.1) is 0 Å². The molecule has 7 nitrogen and oxygen atoms in total. The molecule has 2 aromatic carbocycles. The monoisotopic (exact) mass is 479 g/mol. The number of fused-ring (bicyclic) bond motifs is 1. The first-order valence-corrected chi connectivity index (χ1v) is 11.6. The molecule has 3 heterocycles. The first-order valence-electron chi connectivity index (χ1n) is 11.6. The van der Waals surface area contributed by atoms with E-state index in [1.54, 1.807) is 48.9 Å². The van der Waals surface area contributed by atoms with Gasteiger partial charge in [-0.1, -0.05) is 42.5 Å². The van der Waals surface area contributed by atoms with Gasteiger partial charge in [-0.3, -0.25) is 9.69 Å². The zero-order chi connectivity index (χ0) is 25.3. The number of hydrogen-bond donors (Lipinski definition) is 0. The van der Waals surface area contributed by atoms with E-state index in [1.165, 1.54) is 4.90 Å². The second-order valence-corrected chi connectivity index (χ2v) is 9.47. The van der Waals surface area contributed by atoms with Crippen molar-refractivity contribution in [3.63, 3.8) is 0 Å². The Morgan fingerprint density at radius 2 is 1.83 bits per heavy atom. The molecule has 180 valence electrons. The van der Waals surface area contributed by atoms with E-state index < -0.39 is 11.6 Å². The van der Waals surface area contributed by atoms with E-state index >= 15 is 0 Å². The smallest absolute Gasteiger partial charge is 0.338 e. The maximum absolute atomic E-state index is 13.3. The van der Waals surface area contributed by atoms with Gasteiger partial charge in [0.15, 0.2) is 5.84 Å². The van der Waals surface area contributed by atoms with Gasteiger partial charge < -0.3 is 9.15 Å². The van der Waals surface area contributed by atoms with E-state index in [0.717, 1.165) is 5.56 Å². The molecule has 0 radical (unpaired) electrons. The number of amidine groups is 1. The topological polar surface area (TPSA) is 84.5 Å². The van der Waals surface area contributed by atoms with E-state index in [-0.39, 0.29) is 11.6 Å². The van der Waals surface area contributed by atoms with Crippen molar-refractivity contribution in [3.05, 3.63) is 107 Å². The molecule has 0 N–H and O–H groups in total. The second-order valence-electron chi connectivity index (χ2n) is 9.47. The van der Waals surface area contributed by atoms with E-state index in [9.17, 15) is 9.59 Å². The predicted octanol–water partition coefficient (Wildman–Crippen LogP) is 5.51. The van der Waals surface area contributed by atoms with Crippen LogP contribution in [0, 0.1) is 0 Å². The molecular weight excluding hydrogens is 454 g/mol. The lowest BCUT2D eigenvalue weighted by atomic mass is 10.0. The Balaban J connectivity index is 1.54. The van der Waals surface area contributed by atoms with Gasteiger partial charge in [-0.2, -0.15) is 0 Å². The summed E-state index contributed by atoms with van der Waals surface area (Å²) in [5.74, 6) is 0.326. The van der Waals surface area contributed by atoms with Crippen LogP contribution in [0.3, 0.4) is 0 Å². The summed E-state index contributed by atoms with van der Waals surface area (Å²) in [6.07, 6.45) is 5.31. The Bertz CT molecular complexity index is 1440. The van der Waals surface area contributed by atoms with Crippen molar-refractivity contribution >= 4 is 35.2 Å². The van der Waals surface area contributed by atoms with Crippen molar-refractivity contribution in [2.75, 3.05) is 0 Å². The summed E-state index contributed by atoms with van der Waals surface area (Å²) in [5, 5.41) is 0. The molecule has 2 aliphatic heterocycles. The molecule has 7 heteroatoms. The van der Waals surface area contributed by atoms with Crippen LogP contribution in [0.15, 0.2) is 99.3 Å². The summed E-state index contributed by atoms with van der Waals surface area (Å²) in [6, 6.07) is 20.5. The average molecular weight is 480 g/mol. The lowest BCUT2D eigenvalue weighted by Crippen LogP contribution is -2.36. The van der Waals surface area contributed by atoms with E-state index in [1.807, 2.05) is 57.2 Å². The number of hydrogen-bond acceptors (Lipinski definition) is 6. The SMILES string of the molecule is CC(C)(C)OC(=O)c1cccc(C2=CN3C(=O)/C(=C/c4ccco4)N=C3C(Cc3ccccc3)=N2)c1. The number of esters is 1. The minimum atomic E-state index is -0.609. The largest absolute Gasteiger partial charge is 0.465 e. The molecule has 36 heavy (non-hydrogen) atoms.